The zero-order valence-electron chi connectivity index (χ0n) is 20.8. The van der Waals surface area contributed by atoms with E-state index in [9.17, 15) is 9.18 Å². The Hall–Kier alpha value is -2.60. The summed E-state index contributed by atoms with van der Waals surface area (Å²) >= 11 is 0. The molecule has 186 valence electrons. The van der Waals surface area contributed by atoms with Crippen LogP contribution in [0.5, 0.6) is 11.5 Å². The van der Waals surface area contributed by atoms with Gasteiger partial charge >= 0.3 is 0 Å². The molecule has 1 amide bonds. The third-order valence-electron chi connectivity index (χ3n) is 6.44. The van der Waals surface area contributed by atoms with Crippen molar-refractivity contribution in [3.05, 3.63) is 59.9 Å². The predicted octanol–water partition coefficient (Wildman–Crippen LogP) is 5.68. The molecule has 0 radical (unpaired) electrons. The second-order valence-electron chi connectivity index (χ2n) is 9.32. The Morgan fingerprint density at radius 3 is 2.21 bits per heavy atom. The van der Waals surface area contributed by atoms with Crippen molar-refractivity contribution in [2.75, 3.05) is 26.3 Å². The molecule has 1 saturated heterocycles. The number of halogens is 1. The molecule has 0 unspecified atom stereocenters. The lowest BCUT2D eigenvalue weighted by atomic mass is 10.1. The summed E-state index contributed by atoms with van der Waals surface area (Å²) in [7, 11) is 0. The average molecular weight is 471 g/mol. The fourth-order valence-corrected chi connectivity index (χ4v) is 4.35. The van der Waals surface area contributed by atoms with E-state index in [1.165, 1.54) is 37.8 Å². The highest BCUT2D eigenvalue weighted by molar-refractivity contribution is 5.78. The first-order valence-electron chi connectivity index (χ1n) is 12.6. The number of amides is 1. The minimum atomic E-state index is -0.222. The Morgan fingerprint density at radius 2 is 1.53 bits per heavy atom. The standard InChI is InChI=1S/C28H39FN2O3/c1-4-5-6-7-8-17-33-26-13-15-27(16-14-26)34-21-28(32)31-19-22(2)30(18-23(31)3)20-24-9-11-25(29)12-10-24/h9-16,22-23H,4-8,17-21H2,1-3H3/t22-,23+/m0/s1. The summed E-state index contributed by atoms with van der Waals surface area (Å²) in [5.41, 5.74) is 1.08. The van der Waals surface area contributed by atoms with E-state index < -0.39 is 0 Å². The molecule has 6 heteroatoms. The van der Waals surface area contributed by atoms with Gasteiger partial charge < -0.3 is 14.4 Å². The first-order chi connectivity index (χ1) is 16.5. The molecule has 1 fully saturated rings. The van der Waals surface area contributed by atoms with Gasteiger partial charge in [0.05, 0.1) is 6.61 Å². The van der Waals surface area contributed by atoms with E-state index in [2.05, 4.69) is 25.7 Å². The van der Waals surface area contributed by atoms with Crippen molar-refractivity contribution in [2.45, 2.75) is 71.5 Å². The van der Waals surface area contributed by atoms with Gasteiger partial charge in [-0.3, -0.25) is 9.69 Å². The van der Waals surface area contributed by atoms with Crippen LogP contribution in [0.2, 0.25) is 0 Å². The molecular weight excluding hydrogens is 431 g/mol. The lowest BCUT2D eigenvalue weighted by Crippen LogP contribution is -2.58. The highest BCUT2D eigenvalue weighted by Crippen LogP contribution is 2.21. The van der Waals surface area contributed by atoms with Crippen LogP contribution in [-0.2, 0) is 11.3 Å². The Bertz CT molecular complexity index is 872. The summed E-state index contributed by atoms with van der Waals surface area (Å²) in [6, 6.07) is 14.4. The number of hydrogen-bond acceptors (Lipinski definition) is 4. The first kappa shape index (κ1) is 26.0. The van der Waals surface area contributed by atoms with Crippen molar-refractivity contribution in [1.82, 2.24) is 9.80 Å². The van der Waals surface area contributed by atoms with Crippen LogP contribution in [0.1, 0.15) is 58.4 Å². The number of unbranched alkanes of at least 4 members (excludes halogenated alkanes) is 4. The number of carbonyl (C=O) groups is 1. The molecule has 1 heterocycles. The van der Waals surface area contributed by atoms with Crippen LogP contribution in [0.4, 0.5) is 4.39 Å². The molecule has 3 rings (SSSR count). The quantitative estimate of drug-likeness (QED) is 0.375. The van der Waals surface area contributed by atoms with Crippen molar-refractivity contribution < 1.29 is 18.7 Å². The molecule has 0 spiro atoms. The van der Waals surface area contributed by atoms with E-state index in [4.69, 9.17) is 9.47 Å². The summed E-state index contributed by atoms with van der Waals surface area (Å²) in [6.07, 6.45) is 6.07. The van der Waals surface area contributed by atoms with Crippen LogP contribution in [0.15, 0.2) is 48.5 Å². The number of benzene rings is 2. The molecule has 0 saturated carbocycles. The summed E-state index contributed by atoms with van der Waals surface area (Å²) in [5, 5.41) is 0. The predicted molar refractivity (Wildman–Crippen MR) is 134 cm³/mol. The van der Waals surface area contributed by atoms with Crippen LogP contribution < -0.4 is 9.47 Å². The highest BCUT2D eigenvalue weighted by Gasteiger charge is 2.32. The Morgan fingerprint density at radius 1 is 0.882 bits per heavy atom. The zero-order chi connectivity index (χ0) is 24.3. The van der Waals surface area contributed by atoms with Gasteiger partial charge in [-0.15, -0.1) is 0 Å². The van der Waals surface area contributed by atoms with Gasteiger partial charge in [-0.05, 0) is 62.2 Å². The molecule has 0 aliphatic carbocycles. The number of carbonyl (C=O) groups excluding carboxylic acids is 1. The van der Waals surface area contributed by atoms with Crippen molar-refractivity contribution in [1.29, 1.82) is 0 Å². The molecule has 0 aromatic heterocycles. The van der Waals surface area contributed by atoms with E-state index in [0.717, 1.165) is 37.4 Å². The largest absolute Gasteiger partial charge is 0.494 e. The fourth-order valence-electron chi connectivity index (χ4n) is 4.35. The van der Waals surface area contributed by atoms with E-state index in [0.29, 0.717) is 12.3 Å². The third kappa shape index (κ3) is 8.01. The topological polar surface area (TPSA) is 42.0 Å². The molecule has 1 aliphatic rings. The van der Waals surface area contributed by atoms with Crippen molar-refractivity contribution in [3.8, 4) is 11.5 Å². The van der Waals surface area contributed by atoms with Gasteiger partial charge in [-0.1, -0.05) is 44.7 Å². The van der Waals surface area contributed by atoms with E-state index in [1.807, 2.05) is 41.3 Å². The second-order valence-corrected chi connectivity index (χ2v) is 9.32. The van der Waals surface area contributed by atoms with Gasteiger partial charge in [-0.2, -0.15) is 0 Å². The third-order valence-corrected chi connectivity index (χ3v) is 6.44. The first-order valence-corrected chi connectivity index (χ1v) is 12.6. The SMILES string of the molecule is CCCCCCCOc1ccc(OCC(=O)N2C[C@H](C)N(Cc3ccc(F)cc3)C[C@H]2C)cc1. The van der Waals surface area contributed by atoms with E-state index >= 15 is 0 Å². The molecule has 2 aromatic carbocycles. The number of rotatable bonds is 12. The Kier molecular flexibility index (Phi) is 10.2. The van der Waals surface area contributed by atoms with Gasteiger partial charge in [0.15, 0.2) is 6.61 Å². The molecule has 2 atom stereocenters. The fraction of sp³-hybridized carbons (Fsp3) is 0.536. The van der Waals surface area contributed by atoms with Crippen molar-refractivity contribution in [2.24, 2.45) is 0 Å². The zero-order valence-corrected chi connectivity index (χ0v) is 20.8. The average Bonchev–Trinajstić information content (AvgIpc) is 2.84. The maximum absolute atomic E-state index is 13.2. The van der Waals surface area contributed by atoms with Crippen LogP contribution in [0, 0.1) is 5.82 Å². The maximum atomic E-state index is 13.2. The molecule has 5 nitrogen and oxygen atoms in total. The van der Waals surface area contributed by atoms with Crippen LogP contribution in [0.25, 0.3) is 0 Å². The molecule has 0 N–H and O–H groups in total. The van der Waals surface area contributed by atoms with Gasteiger partial charge in [0.25, 0.3) is 5.91 Å². The van der Waals surface area contributed by atoms with Crippen molar-refractivity contribution >= 4 is 5.91 Å². The summed E-state index contributed by atoms with van der Waals surface area (Å²) in [6.45, 7) is 9.32. The summed E-state index contributed by atoms with van der Waals surface area (Å²) in [5.74, 6) is 1.27. The number of piperazine rings is 1. The van der Waals surface area contributed by atoms with Gasteiger partial charge in [0, 0.05) is 31.7 Å². The summed E-state index contributed by atoms with van der Waals surface area (Å²) in [4.78, 5) is 17.1. The lowest BCUT2D eigenvalue weighted by Gasteiger charge is -2.44. The Balaban J connectivity index is 1.41. The van der Waals surface area contributed by atoms with Crippen molar-refractivity contribution in [3.63, 3.8) is 0 Å². The highest BCUT2D eigenvalue weighted by atomic mass is 19.1. The van der Waals surface area contributed by atoms with Gasteiger partial charge in [-0.25, -0.2) is 4.39 Å². The smallest absolute Gasteiger partial charge is 0.260 e. The monoisotopic (exact) mass is 470 g/mol. The number of ether oxygens (including phenoxy) is 2. The van der Waals surface area contributed by atoms with Crippen LogP contribution in [0.3, 0.4) is 0 Å². The molecular formula is C28H39FN2O3. The van der Waals surface area contributed by atoms with E-state index in [-0.39, 0.29) is 30.4 Å². The molecule has 1 aliphatic heterocycles. The van der Waals surface area contributed by atoms with Gasteiger partial charge in [0.1, 0.15) is 17.3 Å². The Labute approximate surface area is 203 Å². The maximum Gasteiger partial charge on any atom is 0.260 e. The molecule has 2 aromatic rings. The molecule has 0 bridgehead atoms. The normalized spacial score (nSPS) is 18.6. The van der Waals surface area contributed by atoms with Gasteiger partial charge in [0.2, 0.25) is 0 Å². The lowest BCUT2D eigenvalue weighted by molar-refractivity contribution is -0.139. The van der Waals surface area contributed by atoms with Crippen LogP contribution >= 0.6 is 0 Å². The minimum absolute atomic E-state index is 0.00631. The summed E-state index contributed by atoms with van der Waals surface area (Å²) < 4.78 is 24.7. The number of nitrogens with zero attached hydrogens (tertiary/aromatic N) is 2. The second kappa shape index (κ2) is 13.3. The minimum Gasteiger partial charge on any atom is -0.494 e. The van der Waals surface area contributed by atoms with E-state index in [1.54, 1.807) is 0 Å². The molecule has 34 heavy (non-hydrogen) atoms. The number of hydrogen-bond donors (Lipinski definition) is 0. The van der Waals surface area contributed by atoms with Crippen LogP contribution in [-0.4, -0.2) is 54.1 Å².